The Morgan fingerprint density at radius 1 is 1.38 bits per heavy atom. The highest BCUT2D eigenvalue weighted by atomic mass is 16.1. The van der Waals surface area contributed by atoms with Crippen molar-refractivity contribution in [3.8, 4) is 0 Å². The molecule has 4 heteroatoms. The van der Waals surface area contributed by atoms with Crippen molar-refractivity contribution in [3.05, 3.63) is 33.2 Å². The van der Waals surface area contributed by atoms with Gasteiger partial charge < -0.3 is 4.57 Å². The minimum Gasteiger partial charge on any atom is -0.312 e. The summed E-state index contributed by atoms with van der Waals surface area (Å²) in [6.07, 6.45) is 1.86. The van der Waals surface area contributed by atoms with Crippen molar-refractivity contribution in [2.24, 2.45) is 5.92 Å². The first kappa shape index (κ1) is 16.0. The minimum atomic E-state index is -0.130. The number of pyridine rings is 1. The Balaban J connectivity index is 2.48. The highest BCUT2D eigenvalue weighted by molar-refractivity contribution is 5.93. The highest BCUT2D eigenvalue weighted by Crippen LogP contribution is 2.19. The van der Waals surface area contributed by atoms with Crippen molar-refractivity contribution in [1.82, 2.24) is 9.47 Å². The lowest BCUT2D eigenvalue weighted by Crippen LogP contribution is -2.37. The molecule has 1 aliphatic rings. The Morgan fingerprint density at radius 2 is 2.10 bits per heavy atom. The molecule has 0 unspecified atom stereocenters. The van der Waals surface area contributed by atoms with E-state index in [0.29, 0.717) is 18.0 Å². The fourth-order valence-electron chi connectivity index (χ4n) is 2.92. The predicted molar refractivity (Wildman–Crippen MR) is 84.8 cm³/mol. The van der Waals surface area contributed by atoms with Crippen LogP contribution < -0.4 is 5.56 Å². The van der Waals surface area contributed by atoms with Crippen LogP contribution in [0.4, 0.5) is 0 Å². The molecule has 1 aromatic rings. The Hall–Kier alpha value is -1.42. The fourth-order valence-corrected chi connectivity index (χ4v) is 2.92. The summed E-state index contributed by atoms with van der Waals surface area (Å²) < 4.78 is 1.86. The number of nitrogens with zero attached hydrogens (tertiary/aromatic N) is 2. The Morgan fingerprint density at radius 3 is 2.67 bits per heavy atom. The molecule has 0 aromatic carbocycles. The van der Waals surface area contributed by atoms with Crippen molar-refractivity contribution >= 4 is 5.78 Å². The zero-order valence-electron chi connectivity index (χ0n) is 13.6. The predicted octanol–water partition coefficient (Wildman–Crippen LogP) is 2.48. The van der Waals surface area contributed by atoms with Gasteiger partial charge in [-0.3, -0.25) is 14.5 Å². The second-order valence-corrected chi connectivity index (χ2v) is 6.34. The summed E-state index contributed by atoms with van der Waals surface area (Å²) in [5, 5.41) is 0. The normalized spacial score (nSPS) is 15.3. The summed E-state index contributed by atoms with van der Waals surface area (Å²) >= 11 is 0. The molecule has 21 heavy (non-hydrogen) atoms. The van der Waals surface area contributed by atoms with Gasteiger partial charge in [0.25, 0.3) is 5.56 Å². The van der Waals surface area contributed by atoms with Crippen LogP contribution in [-0.2, 0) is 19.5 Å². The molecule has 2 rings (SSSR count). The van der Waals surface area contributed by atoms with E-state index in [1.54, 1.807) is 0 Å². The smallest absolute Gasteiger partial charge is 0.261 e. The maximum atomic E-state index is 12.6. The lowest BCUT2D eigenvalue weighted by molar-refractivity contribution is 0.101. The molecule has 116 valence electrons. The molecule has 0 saturated heterocycles. The average molecular weight is 290 g/mol. The summed E-state index contributed by atoms with van der Waals surface area (Å²) in [5.41, 5.74) is 2.52. The van der Waals surface area contributed by atoms with Gasteiger partial charge in [-0.25, -0.2) is 0 Å². The molecule has 0 atom stereocenters. The molecule has 1 aromatic heterocycles. The van der Waals surface area contributed by atoms with Crippen molar-refractivity contribution < 1.29 is 4.79 Å². The van der Waals surface area contributed by atoms with Crippen LogP contribution in [-0.4, -0.2) is 28.3 Å². The van der Waals surface area contributed by atoms with Gasteiger partial charge in [-0.05, 0) is 37.4 Å². The topological polar surface area (TPSA) is 42.3 Å². The molecular weight excluding hydrogens is 264 g/mol. The number of hydrogen-bond acceptors (Lipinski definition) is 3. The van der Waals surface area contributed by atoms with Crippen LogP contribution in [0.5, 0.6) is 0 Å². The zero-order valence-corrected chi connectivity index (χ0v) is 13.6. The number of hydrogen-bond donors (Lipinski definition) is 0. The van der Waals surface area contributed by atoms with Crippen LogP contribution in [0.25, 0.3) is 0 Å². The van der Waals surface area contributed by atoms with Crippen LogP contribution >= 0.6 is 0 Å². The number of carbonyl (C=O) groups excluding carboxylic acids is 1. The third kappa shape index (κ3) is 3.43. The second kappa shape index (κ2) is 6.56. The van der Waals surface area contributed by atoms with Crippen LogP contribution in [0.3, 0.4) is 0 Å². The lowest BCUT2D eigenvalue weighted by Gasteiger charge is -2.30. The van der Waals surface area contributed by atoms with Gasteiger partial charge in [0.15, 0.2) is 5.78 Å². The summed E-state index contributed by atoms with van der Waals surface area (Å²) in [4.78, 5) is 26.7. The van der Waals surface area contributed by atoms with Crippen molar-refractivity contribution in [2.45, 2.75) is 53.6 Å². The standard InChI is InChI=1S/C17H26N2O2/c1-5-18-8-7-16-14(11-18)10-15(13(4)20)17(21)19(16)9-6-12(2)3/h10,12H,5-9,11H2,1-4H3. The molecule has 0 amide bonds. The molecule has 4 nitrogen and oxygen atoms in total. The molecule has 1 aliphatic heterocycles. The van der Waals surface area contributed by atoms with Crippen LogP contribution in [0.2, 0.25) is 0 Å². The Kier molecular flexibility index (Phi) is 4.99. The number of Topliss-reactive ketones (excluding diaryl/α,β-unsaturated/α-hetero) is 1. The molecule has 0 aliphatic carbocycles. The number of carbonyl (C=O) groups is 1. The van der Waals surface area contributed by atoms with Crippen molar-refractivity contribution in [1.29, 1.82) is 0 Å². The lowest BCUT2D eigenvalue weighted by atomic mass is 10.0. The SMILES string of the molecule is CCN1CCc2c(cc(C(C)=O)c(=O)n2CCC(C)C)C1. The summed E-state index contributed by atoms with van der Waals surface area (Å²) in [6.45, 7) is 11.5. The molecule has 0 saturated carbocycles. The first-order valence-electron chi connectivity index (χ1n) is 7.92. The summed E-state index contributed by atoms with van der Waals surface area (Å²) in [5.74, 6) is 0.416. The number of rotatable bonds is 5. The molecule has 2 heterocycles. The highest BCUT2D eigenvalue weighted by Gasteiger charge is 2.22. The number of aromatic nitrogens is 1. The van der Waals surface area contributed by atoms with Gasteiger partial charge in [0.2, 0.25) is 0 Å². The summed E-state index contributed by atoms with van der Waals surface area (Å²) in [7, 11) is 0. The molecule has 0 radical (unpaired) electrons. The first-order valence-corrected chi connectivity index (χ1v) is 7.92. The van der Waals surface area contributed by atoms with E-state index in [0.717, 1.165) is 43.7 Å². The van der Waals surface area contributed by atoms with Gasteiger partial charge in [-0.1, -0.05) is 20.8 Å². The monoisotopic (exact) mass is 290 g/mol. The molecule has 0 bridgehead atoms. The Labute approximate surface area is 126 Å². The van der Waals surface area contributed by atoms with Gasteiger partial charge in [0, 0.05) is 31.7 Å². The number of fused-ring (bicyclic) bond motifs is 1. The van der Waals surface area contributed by atoms with E-state index in [4.69, 9.17) is 0 Å². The van der Waals surface area contributed by atoms with Gasteiger partial charge in [0.1, 0.15) is 0 Å². The molecule has 0 N–H and O–H groups in total. The van der Waals surface area contributed by atoms with E-state index in [-0.39, 0.29) is 11.3 Å². The van der Waals surface area contributed by atoms with Gasteiger partial charge in [-0.15, -0.1) is 0 Å². The number of ketones is 1. The van der Waals surface area contributed by atoms with E-state index < -0.39 is 0 Å². The van der Waals surface area contributed by atoms with Crippen molar-refractivity contribution in [2.75, 3.05) is 13.1 Å². The Bertz CT molecular complexity index is 587. The zero-order chi connectivity index (χ0) is 15.6. The van der Waals surface area contributed by atoms with Crippen LogP contribution in [0.1, 0.15) is 55.7 Å². The first-order chi connectivity index (χ1) is 9.93. The van der Waals surface area contributed by atoms with Gasteiger partial charge >= 0.3 is 0 Å². The molecular formula is C17H26N2O2. The van der Waals surface area contributed by atoms with Crippen LogP contribution in [0.15, 0.2) is 10.9 Å². The quantitative estimate of drug-likeness (QED) is 0.782. The average Bonchev–Trinajstić information content (AvgIpc) is 2.44. The minimum absolute atomic E-state index is 0.105. The van der Waals surface area contributed by atoms with E-state index in [1.807, 2.05) is 10.6 Å². The second-order valence-electron chi connectivity index (χ2n) is 6.34. The van der Waals surface area contributed by atoms with Gasteiger partial charge in [-0.2, -0.15) is 0 Å². The maximum absolute atomic E-state index is 12.6. The summed E-state index contributed by atoms with van der Waals surface area (Å²) in [6, 6.07) is 1.83. The largest absolute Gasteiger partial charge is 0.312 e. The molecule has 0 spiro atoms. The number of likely N-dealkylation sites (N-methyl/N-ethyl adjacent to an activating group) is 1. The van der Waals surface area contributed by atoms with Crippen LogP contribution in [0, 0.1) is 5.92 Å². The van der Waals surface area contributed by atoms with E-state index in [2.05, 4.69) is 25.7 Å². The third-order valence-corrected chi connectivity index (χ3v) is 4.31. The molecule has 0 fully saturated rings. The van der Waals surface area contributed by atoms with Gasteiger partial charge in [0.05, 0.1) is 5.56 Å². The maximum Gasteiger partial charge on any atom is 0.261 e. The fraction of sp³-hybridized carbons (Fsp3) is 0.647. The van der Waals surface area contributed by atoms with E-state index >= 15 is 0 Å². The third-order valence-electron chi connectivity index (χ3n) is 4.31. The van der Waals surface area contributed by atoms with Crippen molar-refractivity contribution in [3.63, 3.8) is 0 Å². The van der Waals surface area contributed by atoms with E-state index in [1.165, 1.54) is 6.92 Å². The van der Waals surface area contributed by atoms with E-state index in [9.17, 15) is 9.59 Å².